The van der Waals surface area contributed by atoms with Gasteiger partial charge in [-0.1, -0.05) is 17.7 Å². The summed E-state index contributed by atoms with van der Waals surface area (Å²) in [6, 6.07) is 5.63. The van der Waals surface area contributed by atoms with Crippen molar-refractivity contribution in [1.82, 2.24) is 10.6 Å². The number of rotatable bonds is 3. The smallest absolute Gasteiger partial charge is 0.251 e. The minimum absolute atomic E-state index is 0. The fourth-order valence-electron chi connectivity index (χ4n) is 2.56. The van der Waals surface area contributed by atoms with Crippen LogP contribution < -0.4 is 10.6 Å². The molecule has 0 radical (unpaired) electrons. The van der Waals surface area contributed by atoms with Gasteiger partial charge in [0.05, 0.1) is 0 Å². The fraction of sp³-hybridized carbons (Fsp3) is 0.533. The van der Waals surface area contributed by atoms with Gasteiger partial charge in [-0.3, -0.25) is 4.79 Å². The zero-order chi connectivity index (χ0) is 13.8. The normalized spacial score (nSPS) is 19.9. The van der Waals surface area contributed by atoms with Gasteiger partial charge in [-0.25, -0.2) is 0 Å². The summed E-state index contributed by atoms with van der Waals surface area (Å²) in [5.74, 6) is 0.482. The molecule has 5 heteroatoms. The van der Waals surface area contributed by atoms with Crippen LogP contribution in [0.25, 0.3) is 0 Å². The Hall–Kier alpha value is -0.770. The highest BCUT2D eigenvalue weighted by molar-refractivity contribution is 6.31. The molecule has 1 aliphatic heterocycles. The number of hydrogen-bond donors (Lipinski definition) is 2. The van der Waals surface area contributed by atoms with Crippen molar-refractivity contribution in [2.75, 3.05) is 13.1 Å². The average molecular weight is 317 g/mol. The van der Waals surface area contributed by atoms with Crippen LogP contribution in [0.2, 0.25) is 5.02 Å². The minimum atomic E-state index is -0.0296. The molecule has 0 aliphatic carbocycles. The van der Waals surface area contributed by atoms with Gasteiger partial charge in [0.15, 0.2) is 0 Å². The SMILES string of the molecule is Cc1c(Cl)cccc1C(=O)NC(C)C1CCCNC1.Cl. The zero-order valence-electron chi connectivity index (χ0n) is 11.9. The van der Waals surface area contributed by atoms with Gasteiger partial charge in [-0.15, -0.1) is 12.4 Å². The highest BCUT2D eigenvalue weighted by Crippen LogP contribution is 2.20. The van der Waals surface area contributed by atoms with Crippen LogP contribution in [-0.2, 0) is 0 Å². The third kappa shape index (κ3) is 4.11. The number of amides is 1. The van der Waals surface area contributed by atoms with Crippen LogP contribution >= 0.6 is 24.0 Å². The Balaban J connectivity index is 0.00000200. The predicted molar refractivity (Wildman–Crippen MR) is 86.0 cm³/mol. The Morgan fingerprint density at radius 2 is 2.25 bits per heavy atom. The molecule has 1 aromatic rings. The highest BCUT2D eigenvalue weighted by atomic mass is 35.5. The molecule has 3 nitrogen and oxygen atoms in total. The van der Waals surface area contributed by atoms with Crippen molar-refractivity contribution in [3.63, 3.8) is 0 Å². The molecule has 1 fully saturated rings. The van der Waals surface area contributed by atoms with Crippen LogP contribution in [0.15, 0.2) is 18.2 Å². The van der Waals surface area contributed by atoms with Crippen molar-refractivity contribution in [3.8, 4) is 0 Å². The molecule has 0 spiro atoms. The summed E-state index contributed by atoms with van der Waals surface area (Å²) in [5, 5.41) is 7.11. The third-order valence-electron chi connectivity index (χ3n) is 3.91. The number of halogens is 2. The van der Waals surface area contributed by atoms with Gasteiger partial charge < -0.3 is 10.6 Å². The van der Waals surface area contributed by atoms with Crippen LogP contribution in [0, 0.1) is 12.8 Å². The molecule has 0 bridgehead atoms. The quantitative estimate of drug-likeness (QED) is 0.899. The molecule has 2 unspecified atom stereocenters. The Bertz CT molecular complexity index is 459. The van der Waals surface area contributed by atoms with Crippen molar-refractivity contribution in [2.24, 2.45) is 5.92 Å². The van der Waals surface area contributed by atoms with E-state index in [1.165, 1.54) is 12.8 Å². The van der Waals surface area contributed by atoms with Gasteiger partial charge in [0, 0.05) is 16.6 Å². The topological polar surface area (TPSA) is 41.1 Å². The lowest BCUT2D eigenvalue weighted by molar-refractivity contribution is 0.0921. The van der Waals surface area contributed by atoms with E-state index in [4.69, 9.17) is 11.6 Å². The van der Waals surface area contributed by atoms with Crippen molar-refractivity contribution in [2.45, 2.75) is 32.7 Å². The summed E-state index contributed by atoms with van der Waals surface area (Å²) in [7, 11) is 0. The molecule has 2 atom stereocenters. The van der Waals surface area contributed by atoms with Crippen molar-refractivity contribution >= 4 is 29.9 Å². The Morgan fingerprint density at radius 3 is 2.90 bits per heavy atom. The largest absolute Gasteiger partial charge is 0.349 e. The summed E-state index contributed by atoms with van der Waals surface area (Å²) in [4.78, 5) is 12.3. The van der Waals surface area contributed by atoms with E-state index in [-0.39, 0.29) is 24.4 Å². The summed E-state index contributed by atoms with van der Waals surface area (Å²) < 4.78 is 0. The number of hydrogen-bond acceptors (Lipinski definition) is 2. The van der Waals surface area contributed by atoms with E-state index < -0.39 is 0 Å². The number of piperidine rings is 1. The van der Waals surface area contributed by atoms with Crippen LogP contribution in [0.4, 0.5) is 0 Å². The molecule has 2 N–H and O–H groups in total. The summed E-state index contributed by atoms with van der Waals surface area (Å²) in [6.45, 7) is 6.03. The second kappa shape index (κ2) is 7.87. The van der Waals surface area contributed by atoms with Gasteiger partial charge in [-0.05, 0) is 63.4 Å². The molecular weight excluding hydrogens is 295 g/mol. The maximum atomic E-state index is 12.3. The number of carbonyl (C=O) groups excluding carboxylic acids is 1. The van der Waals surface area contributed by atoms with Crippen LogP contribution in [-0.4, -0.2) is 25.0 Å². The number of carbonyl (C=O) groups is 1. The average Bonchev–Trinajstić information content (AvgIpc) is 2.42. The van der Waals surface area contributed by atoms with Crippen molar-refractivity contribution in [3.05, 3.63) is 34.3 Å². The first kappa shape index (κ1) is 17.3. The lowest BCUT2D eigenvalue weighted by atomic mass is 9.92. The number of nitrogens with one attached hydrogen (secondary N) is 2. The maximum absolute atomic E-state index is 12.3. The van der Waals surface area contributed by atoms with Crippen LogP contribution in [0.3, 0.4) is 0 Å². The molecular formula is C15H22Cl2N2O. The summed E-state index contributed by atoms with van der Waals surface area (Å²) in [6.07, 6.45) is 2.35. The molecule has 20 heavy (non-hydrogen) atoms. The van der Waals surface area contributed by atoms with E-state index in [2.05, 4.69) is 17.6 Å². The highest BCUT2D eigenvalue weighted by Gasteiger charge is 2.22. The molecule has 0 aromatic heterocycles. The van der Waals surface area contributed by atoms with Gasteiger partial charge in [0.2, 0.25) is 0 Å². The van der Waals surface area contributed by atoms with Crippen molar-refractivity contribution < 1.29 is 4.79 Å². The first-order valence-electron chi connectivity index (χ1n) is 6.86. The van der Waals surface area contributed by atoms with Gasteiger partial charge in [0.1, 0.15) is 0 Å². The minimum Gasteiger partial charge on any atom is -0.349 e. The van der Waals surface area contributed by atoms with E-state index in [0.717, 1.165) is 18.7 Å². The maximum Gasteiger partial charge on any atom is 0.251 e. The van der Waals surface area contributed by atoms with E-state index in [9.17, 15) is 4.79 Å². The van der Waals surface area contributed by atoms with E-state index >= 15 is 0 Å². The fourth-order valence-corrected chi connectivity index (χ4v) is 2.74. The summed E-state index contributed by atoms with van der Waals surface area (Å²) >= 11 is 6.05. The van der Waals surface area contributed by atoms with Gasteiger partial charge in [-0.2, -0.15) is 0 Å². The van der Waals surface area contributed by atoms with E-state index in [1.54, 1.807) is 0 Å². The first-order chi connectivity index (χ1) is 9.09. The molecule has 1 heterocycles. The lowest BCUT2D eigenvalue weighted by Crippen LogP contribution is -2.44. The Kier molecular flexibility index (Phi) is 6.80. The molecule has 1 aliphatic rings. The first-order valence-corrected chi connectivity index (χ1v) is 7.24. The van der Waals surface area contributed by atoms with Crippen LogP contribution in [0.5, 0.6) is 0 Å². The Labute approximate surface area is 131 Å². The molecule has 2 rings (SSSR count). The molecule has 1 aromatic carbocycles. The second-order valence-electron chi connectivity index (χ2n) is 5.28. The molecule has 0 saturated carbocycles. The zero-order valence-corrected chi connectivity index (χ0v) is 13.5. The standard InChI is InChI=1S/C15H21ClN2O.ClH/c1-10-13(6-3-7-14(10)16)15(19)18-11(2)12-5-4-8-17-9-12;/h3,6-7,11-12,17H,4-5,8-9H2,1-2H3,(H,18,19);1H. The van der Waals surface area contributed by atoms with Gasteiger partial charge in [0.25, 0.3) is 5.91 Å². The predicted octanol–water partition coefficient (Wildman–Crippen LogP) is 3.19. The Morgan fingerprint density at radius 1 is 1.50 bits per heavy atom. The third-order valence-corrected chi connectivity index (χ3v) is 4.32. The van der Waals surface area contributed by atoms with Crippen molar-refractivity contribution in [1.29, 1.82) is 0 Å². The van der Waals surface area contributed by atoms with E-state index in [1.807, 2.05) is 25.1 Å². The summed E-state index contributed by atoms with van der Waals surface area (Å²) in [5.41, 5.74) is 1.51. The van der Waals surface area contributed by atoms with Gasteiger partial charge >= 0.3 is 0 Å². The second-order valence-corrected chi connectivity index (χ2v) is 5.69. The van der Waals surface area contributed by atoms with E-state index in [0.29, 0.717) is 16.5 Å². The molecule has 112 valence electrons. The van der Waals surface area contributed by atoms with Crippen LogP contribution in [0.1, 0.15) is 35.7 Å². The lowest BCUT2D eigenvalue weighted by Gasteiger charge is -2.29. The molecule has 1 saturated heterocycles. The number of benzene rings is 1. The molecule has 1 amide bonds. The monoisotopic (exact) mass is 316 g/mol.